The largest absolute Gasteiger partial charge is 0.493 e. The number of hydrogen-bond acceptors (Lipinski definition) is 9. The second-order valence-corrected chi connectivity index (χ2v) is 12.1. The maximum Gasteiger partial charge on any atom is 0.490 e. The number of aromatic nitrogens is 3. The summed E-state index contributed by atoms with van der Waals surface area (Å²) in [5.41, 5.74) is 4.69. The highest BCUT2D eigenvalue weighted by molar-refractivity contribution is 6.32. The maximum atomic E-state index is 12.6. The Morgan fingerprint density at radius 1 is 0.870 bits per heavy atom. The number of rotatable bonds is 4. The van der Waals surface area contributed by atoms with Crippen LogP contribution in [0, 0.1) is 5.92 Å². The molecule has 5 N–H and O–H groups in total. The van der Waals surface area contributed by atoms with E-state index in [1.54, 1.807) is 12.4 Å². The molecule has 0 radical (unpaired) electrons. The highest BCUT2D eigenvalue weighted by atomic mass is 35.5. The molecule has 4 aromatic rings. The molecule has 4 heterocycles. The molecule has 6 bridgehead atoms. The van der Waals surface area contributed by atoms with Gasteiger partial charge < -0.3 is 35.8 Å². The van der Waals surface area contributed by atoms with Crippen LogP contribution in [0.5, 0.6) is 5.75 Å². The number of amides is 2. The summed E-state index contributed by atoms with van der Waals surface area (Å²) in [5.74, 6) is -3.31. The summed E-state index contributed by atoms with van der Waals surface area (Å²) in [6.07, 6.45) is -1.58. The van der Waals surface area contributed by atoms with Crippen molar-refractivity contribution < 1.29 is 55.7 Å². The van der Waals surface area contributed by atoms with Crippen molar-refractivity contribution in [2.75, 3.05) is 35.6 Å². The van der Waals surface area contributed by atoms with E-state index in [1.165, 1.54) is 0 Å². The molecule has 0 atom stereocenters. The van der Waals surface area contributed by atoms with E-state index in [0.29, 0.717) is 42.4 Å². The normalized spacial score (nSPS) is 14.0. The van der Waals surface area contributed by atoms with Crippen LogP contribution < -0.4 is 20.7 Å². The molecule has 13 nitrogen and oxygen atoms in total. The Hall–Kier alpha value is -5.85. The quantitative estimate of drug-likeness (QED) is 0.128. The number of alkyl halides is 6. The van der Waals surface area contributed by atoms with Gasteiger partial charge in [-0.2, -0.15) is 31.3 Å². The van der Waals surface area contributed by atoms with Crippen molar-refractivity contribution in [2.24, 2.45) is 5.92 Å². The van der Waals surface area contributed by atoms with Crippen molar-refractivity contribution in [1.29, 1.82) is 0 Å². The third kappa shape index (κ3) is 12.7. The Balaban J connectivity index is 0.000000396. The van der Waals surface area contributed by atoms with Crippen molar-refractivity contribution in [3.05, 3.63) is 89.3 Å². The fourth-order valence-electron chi connectivity index (χ4n) is 4.98. The molecule has 0 unspecified atom stereocenters. The Labute approximate surface area is 308 Å². The molecule has 0 spiro atoms. The number of urea groups is 1. The number of halogens is 7. The number of fused-ring (bicyclic) bond motifs is 6. The van der Waals surface area contributed by atoms with Gasteiger partial charge in [0, 0.05) is 30.7 Å². The van der Waals surface area contributed by atoms with E-state index in [-0.39, 0.29) is 6.03 Å². The summed E-state index contributed by atoms with van der Waals surface area (Å²) in [5, 5.41) is 24.2. The average Bonchev–Trinajstić information content (AvgIpc) is 3.12. The molecule has 0 saturated carbocycles. The number of pyridine rings is 1. The van der Waals surface area contributed by atoms with E-state index in [0.717, 1.165) is 59.6 Å². The number of carboxylic acids is 2. The van der Waals surface area contributed by atoms with Gasteiger partial charge in [0.25, 0.3) is 0 Å². The lowest BCUT2D eigenvalue weighted by atomic mass is 9.98. The number of carboxylic acid groups (broad SMARTS) is 2. The number of likely N-dealkylation sites (tertiary alicyclic amines) is 1. The van der Waals surface area contributed by atoms with E-state index >= 15 is 0 Å². The topological polar surface area (TPSA) is 179 Å². The first-order chi connectivity index (χ1) is 25.5. The van der Waals surface area contributed by atoms with Crippen LogP contribution in [-0.4, -0.2) is 80.1 Å². The average molecular weight is 784 g/mol. The number of benzene rings is 2. The maximum absolute atomic E-state index is 12.6. The minimum absolute atomic E-state index is 0.0513. The second-order valence-electron chi connectivity index (χ2n) is 11.7. The van der Waals surface area contributed by atoms with Crippen molar-refractivity contribution in [3.8, 4) is 5.75 Å². The first-order valence-corrected chi connectivity index (χ1v) is 16.3. The molecule has 2 aliphatic rings. The first-order valence-electron chi connectivity index (χ1n) is 16.0. The number of nitrogens with one attached hydrogen (secondary N) is 3. The number of hydrogen-bond donors (Lipinski definition) is 5. The number of aryl methyl sites for hydroxylation is 2. The third-order valence-corrected chi connectivity index (χ3v) is 7.96. The zero-order chi connectivity index (χ0) is 39.5. The van der Waals surface area contributed by atoms with Gasteiger partial charge in [0.15, 0.2) is 5.82 Å². The SMILES string of the molecule is O=C(Nc1ccccc1)N1CCC(COc2ccc3cc2CCc2cncc(c2)Nc2ncc(Cl)c(n2)N3)CC1.O=C(O)C(F)(F)F.O=C(O)C(F)(F)F. The predicted octanol–water partition coefficient (Wildman–Crippen LogP) is 7.70. The van der Waals surface area contributed by atoms with Crippen LogP contribution in [0.4, 0.5) is 60.0 Å². The number of carbonyl (C=O) groups excluding carboxylic acids is 1. The standard InChI is InChI=1S/C30H30ClN7O2.2C2HF3O2/c31-26-18-33-29-35-25-14-21(16-32-17-25)6-7-22-15-24(34-28(26)37-29)8-9-27(22)40-19-20-10-12-38(13-11-20)30(39)36-23-4-2-1-3-5-23;2*3-2(4,5)1(6)7/h1-5,8-9,14-18,20H,6-7,10-13,19H2,(H,36,39)(H2,33,34,35,37);2*(H,6,7). The van der Waals surface area contributed by atoms with Crippen LogP contribution >= 0.6 is 11.6 Å². The number of para-hydroxylation sites is 1. The van der Waals surface area contributed by atoms with Crippen molar-refractivity contribution in [2.45, 2.75) is 38.0 Å². The summed E-state index contributed by atoms with van der Waals surface area (Å²) in [4.78, 5) is 45.5. The second kappa shape index (κ2) is 18.3. The fourth-order valence-corrected chi connectivity index (χ4v) is 5.12. The molecule has 54 heavy (non-hydrogen) atoms. The Kier molecular flexibility index (Phi) is 13.8. The summed E-state index contributed by atoms with van der Waals surface area (Å²) >= 11 is 6.39. The van der Waals surface area contributed by atoms with Gasteiger partial charge in [-0.1, -0.05) is 29.8 Å². The van der Waals surface area contributed by atoms with E-state index in [4.69, 9.17) is 36.1 Å². The highest BCUT2D eigenvalue weighted by Crippen LogP contribution is 2.31. The summed E-state index contributed by atoms with van der Waals surface area (Å²) in [7, 11) is 0. The zero-order valence-corrected chi connectivity index (χ0v) is 28.7. The summed E-state index contributed by atoms with van der Waals surface area (Å²) in [6, 6.07) is 17.6. The van der Waals surface area contributed by atoms with Gasteiger partial charge in [-0.25, -0.2) is 19.4 Å². The van der Waals surface area contributed by atoms with Crippen LogP contribution in [0.25, 0.3) is 0 Å². The molecular formula is C34H32ClF6N7O6. The number of piperidine rings is 1. The monoisotopic (exact) mass is 783 g/mol. The molecule has 2 aromatic heterocycles. The number of aliphatic carboxylic acids is 2. The van der Waals surface area contributed by atoms with Gasteiger partial charge in [0.05, 0.1) is 24.7 Å². The van der Waals surface area contributed by atoms with Crippen molar-refractivity contribution in [3.63, 3.8) is 0 Å². The van der Waals surface area contributed by atoms with E-state index in [1.807, 2.05) is 53.6 Å². The minimum Gasteiger partial charge on any atom is -0.493 e. The van der Waals surface area contributed by atoms with Gasteiger partial charge in [0.2, 0.25) is 5.95 Å². The highest BCUT2D eigenvalue weighted by Gasteiger charge is 2.39. The van der Waals surface area contributed by atoms with Gasteiger partial charge in [-0.05, 0) is 79.1 Å². The van der Waals surface area contributed by atoms with Gasteiger partial charge in [-0.15, -0.1) is 0 Å². The lowest BCUT2D eigenvalue weighted by Crippen LogP contribution is -2.42. The van der Waals surface area contributed by atoms with Crippen LogP contribution in [0.2, 0.25) is 5.02 Å². The molecule has 0 aliphatic carbocycles. The Bertz CT molecular complexity index is 1890. The number of anilines is 5. The molecule has 1 fully saturated rings. The fraction of sp³-hybridized carbons (Fsp3) is 0.294. The van der Waals surface area contributed by atoms with E-state index in [9.17, 15) is 31.1 Å². The number of nitrogens with zero attached hydrogens (tertiary/aromatic N) is 4. The minimum atomic E-state index is -5.08. The molecule has 2 aliphatic heterocycles. The van der Waals surface area contributed by atoms with E-state index < -0.39 is 24.3 Å². The predicted molar refractivity (Wildman–Crippen MR) is 184 cm³/mol. The first kappa shape index (κ1) is 40.9. The molecule has 2 aromatic carbocycles. The van der Waals surface area contributed by atoms with Crippen LogP contribution in [0.3, 0.4) is 0 Å². The molecule has 6 rings (SSSR count). The smallest absolute Gasteiger partial charge is 0.490 e. The lowest BCUT2D eigenvalue weighted by Gasteiger charge is -2.32. The molecule has 20 heteroatoms. The number of ether oxygens (including phenoxy) is 1. The van der Waals surface area contributed by atoms with Crippen LogP contribution in [-0.2, 0) is 22.4 Å². The van der Waals surface area contributed by atoms with E-state index in [2.05, 4.69) is 43.0 Å². The third-order valence-electron chi connectivity index (χ3n) is 7.69. The summed E-state index contributed by atoms with van der Waals surface area (Å²) < 4.78 is 69.9. The lowest BCUT2D eigenvalue weighted by molar-refractivity contribution is -0.193. The van der Waals surface area contributed by atoms with Crippen molar-refractivity contribution >= 4 is 58.4 Å². The van der Waals surface area contributed by atoms with Crippen LogP contribution in [0.1, 0.15) is 24.0 Å². The van der Waals surface area contributed by atoms with Gasteiger partial charge in [0.1, 0.15) is 10.8 Å². The summed E-state index contributed by atoms with van der Waals surface area (Å²) in [6.45, 7) is 2.03. The van der Waals surface area contributed by atoms with Gasteiger partial charge >= 0.3 is 30.3 Å². The molecule has 1 saturated heterocycles. The molecule has 288 valence electrons. The molecular weight excluding hydrogens is 752 g/mol. The number of carbonyl (C=O) groups is 3. The van der Waals surface area contributed by atoms with Gasteiger partial charge in [-0.3, -0.25) is 4.98 Å². The van der Waals surface area contributed by atoms with Crippen LogP contribution in [0.15, 0.2) is 73.2 Å². The zero-order valence-electron chi connectivity index (χ0n) is 27.9. The Morgan fingerprint density at radius 2 is 1.52 bits per heavy atom. The molecule has 2 amide bonds. The van der Waals surface area contributed by atoms with Crippen molar-refractivity contribution in [1.82, 2.24) is 19.9 Å². The Morgan fingerprint density at radius 3 is 2.15 bits per heavy atom.